The number of thioether (sulfide) groups is 1. The van der Waals surface area contributed by atoms with Crippen molar-refractivity contribution in [1.82, 2.24) is 4.90 Å². The number of hydrogen-bond acceptors (Lipinski definition) is 3. The third-order valence-electron chi connectivity index (χ3n) is 2.73. The molecular weight excluding hydrogens is 303 g/mol. The molecule has 7 heteroatoms. The smallest absolute Gasteiger partial charge is 0.372 e. The average molecular weight is 321 g/mol. The van der Waals surface area contributed by atoms with Crippen LogP contribution in [0.2, 0.25) is 0 Å². The molecule has 0 N–H and O–H groups in total. The number of nitrogens with zero attached hydrogens (tertiary/aromatic N) is 1. The summed E-state index contributed by atoms with van der Waals surface area (Å²) in [6.45, 7) is -1.12. The number of amides is 1. The highest BCUT2D eigenvalue weighted by atomic mass is 32.2. The van der Waals surface area contributed by atoms with Gasteiger partial charge in [0.2, 0.25) is 5.91 Å². The Hall–Kier alpha value is -1.21. The van der Waals surface area contributed by atoms with Gasteiger partial charge < -0.3 is 9.64 Å². The molecule has 0 radical (unpaired) electrons. The van der Waals surface area contributed by atoms with E-state index >= 15 is 0 Å². The lowest BCUT2D eigenvalue weighted by atomic mass is 10.2. The van der Waals surface area contributed by atoms with E-state index in [2.05, 4.69) is 4.74 Å². The summed E-state index contributed by atoms with van der Waals surface area (Å²) in [5, 5.41) is 0. The third kappa shape index (κ3) is 7.38. The highest BCUT2D eigenvalue weighted by molar-refractivity contribution is 7.98. The lowest BCUT2D eigenvalue weighted by Crippen LogP contribution is -2.27. The summed E-state index contributed by atoms with van der Waals surface area (Å²) in [5.41, 5.74) is 0.972. The summed E-state index contributed by atoms with van der Waals surface area (Å²) in [6, 6.07) is 7.78. The van der Waals surface area contributed by atoms with Gasteiger partial charge in [-0.25, -0.2) is 0 Å². The maximum atomic E-state index is 11.9. The SMILES string of the molecule is CSc1ccc(CN(C)C(=O)CCOCC(F)(F)F)cc1. The zero-order valence-electron chi connectivity index (χ0n) is 11.9. The topological polar surface area (TPSA) is 29.5 Å². The van der Waals surface area contributed by atoms with E-state index in [0.717, 1.165) is 10.5 Å². The zero-order valence-corrected chi connectivity index (χ0v) is 12.8. The molecule has 0 atom stereocenters. The van der Waals surface area contributed by atoms with E-state index in [1.807, 2.05) is 30.5 Å². The van der Waals surface area contributed by atoms with E-state index in [9.17, 15) is 18.0 Å². The lowest BCUT2D eigenvalue weighted by molar-refractivity contribution is -0.175. The van der Waals surface area contributed by atoms with Crippen LogP contribution in [0, 0.1) is 0 Å². The Morgan fingerprint density at radius 1 is 1.29 bits per heavy atom. The van der Waals surface area contributed by atoms with Crippen molar-refractivity contribution in [2.75, 3.05) is 26.5 Å². The van der Waals surface area contributed by atoms with Crippen LogP contribution in [0.1, 0.15) is 12.0 Å². The minimum atomic E-state index is -4.35. The Labute approximate surface area is 126 Å². The van der Waals surface area contributed by atoms with Crippen molar-refractivity contribution in [1.29, 1.82) is 0 Å². The van der Waals surface area contributed by atoms with Crippen LogP contribution in [0.25, 0.3) is 0 Å². The van der Waals surface area contributed by atoms with Gasteiger partial charge in [0.15, 0.2) is 0 Å². The van der Waals surface area contributed by atoms with E-state index in [0.29, 0.717) is 6.54 Å². The minimum absolute atomic E-state index is 0.0600. The first-order chi connectivity index (χ1) is 9.81. The van der Waals surface area contributed by atoms with Gasteiger partial charge in [0.25, 0.3) is 0 Å². The highest BCUT2D eigenvalue weighted by Gasteiger charge is 2.27. The van der Waals surface area contributed by atoms with Crippen LogP contribution < -0.4 is 0 Å². The number of ether oxygens (including phenoxy) is 1. The monoisotopic (exact) mass is 321 g/mol. The molecule has 118 valence electrons. The van der Waals surface area contributed by atoms with E-state index in [4.69, 9.17) is 0 Å². The van der Waals surface area contributed by atoms with E-state index in [1.54, 1.807) is 18.8 Å². The maximum Gasteiger partial charge on any atom is 0.411 e. The Morgan fingerprint density at radius 2 is 1.90 bits per heavy atom. The van der Waals surface area contributed by atoms with Gasteiger partial charge in [-0.05, 0) is 24.0 Å². The van der Waals surface area contributed by atoms with Gasteiger partial charge in [0.05, 0.1) is 13.0 Å². The molecule has 3 nitrogen and oxygen atoms in total. The molecule has 0 aliphatic rings. The van der Waals surface area contributed by atoms with Crippen LogP contribution >= 0.6 is 11.8 Å². The van der Waals surface area contributed by atoms with Crippen LogP contribution in [-0.2, 0) is 16.1 Å². The van der Waals surface area contributed by atoms with Crippen molar-refractivity contribution in [2.24, 2.45) is 0 Å². The van der Waals surface area contributed by atoms with E-state index < -0.39 is 12.8 Å². The number of benzene rings is 1. The normalized spacial score (nSPS) is 11.5. The molecule has 21 heavy (non-hydrogen) atoms. The van der Waals surface area contributed by atoms with Crippen LogP contribution in [0.5, 0.6) is 0 Å². The second-order valence-corrected chi connectivity index (χ2v) is 5.40. The number of rotatable bonds is 7. The first kappa shape index (κ1) is 17.8. The van der Waals surface area contributed by atoms with Gasteiger partial charge in [0, 0.05) is 18.5 Å². The first-order valence-electron chi connectivity index (χ1n) is 6.33. The minimum Gasteiger partial charge on any atom is -0.372 e. The van der Waals surface area contributed by atoms with Crippen LogP contribution in [0.3, 0.4) is 0 Å². The summed E-state index contributed by atoms with van der Waals surface area (Å²) in [4.78, 5) is 14.4. The number of alkyl halides is 3. The van der Waals surface area contributed by atoms with Crippen molar-refractivity contribution in [3.8, 4) is 0 Å². The molecule has 0 spiro atoms. The molecule has 0 fully saturated rings. The molecule has 1 amide bonds. The molecule has 0 saturated carbocycles. The van der Waals surface area contributed by atoms with Gasteiger partial charge in [-0.15, -0.1) is 11.8 Å². The van der Waals surface area contributed by atoms with Crippen molar-refractivity contribution >= 4 is 17.7 Å². The first-order valence-corrected chi connectivity index (χ1v) is 7.55. The summed E-state index contributed by atoms with van der Waals surface area (Å²) < 4.78 is 40.0. The molecule has 0 unspecified atom stereocenters. The van der Waals surface area contributed by atoms with Gasteiger partial charge in [-0.1, -0.05) is 12.1 Å². The predicted octanol–water partition coefficient (Wildman–Crippen LogP) is 3.34. The number of carbonyl (C=O) groups is 1. The van der Waals surface area contributed by atoms with E-state index in [1.165, 1.54) is 4.90 Å². The second kappa shape index (κ2) is 8.29. The number of halogens is 3. The molecule has 1 aromatic carbocycles. The summed E-state index contributed by atoms with van der Waals surface area (Å²) >= 11 is 1.63. The lowest BCUT2D eigenvalue weighted by Gasteiger charge is -2.17. The Kier molecular flexibility index (Phi) is 7.04. The summed E-state index contributed by atoms with van der Waals surface area (Å²) in [6.07, 6.45) is -2.44. The van der Waals surface area contributed by atoms with Crippen LogP contribution in [0.15, 0.2) is 29.2 Å². The average Bonchev–Trinajstić information content (AvgIpc) is 2.43. The van der Waals surface area contributed by atoms with Gasteiger partial charge in [-0.2, -0.15) is 13.2 Å². The molecule has 1 aromatic rings. The van der Waals surface area contributed by atoms with Gasteiger partial charge >= 0.3 is 6.18 Å². The number of hydrogen-bond donors (Lipinski definition) is 0. The predicted molar refractivity (Wildman–Crippen MR) is 76.2 cm³/mol. The summed E-state index contributed by atoms with van der Waals surface area (Å²) in [7, 11) is 1.62. The quantitative estimate of drug-likeness (QED) is 0.570. The van der Waals surface area contributed by atoms with Crippen molar-refractivity contribution in [3.63, 3.8) is 0 Å². The van der Waals surface area contributed by atoms with Crippen molar-refractivity contribution < 1.29 is 22.7 Å². The molecule has 1 rings (SSSR count). The molecule has 0 bridgehead atoms. The van der Waals surface area contributed by atoms with Crippen molar-refractivity contribution in [3.05, 3.63) is 29.8 Å². The molecule has 0 aliphatic carbocycles. The number of carbonyl (C=O) groups excluding carboxylic acids is 1. The van der Waals surface area contributed by atoms with Crippen LogP contribution in [-0.4, -0.2) is 43.5 Å². The second-order valence-electron chi connectivity index (χ2n) is 4.52. The largest absolute Gasteiger partial charge is 0.411 e. The van der Waals surface area contributed by atoms with E-state index in [-0.39, 0.29) is 18.9 Å². The molecule has 0 heterocycles. The highest BCUT2D eigenvalue weighted by Crippen LogP contribution is 2.16. The Morgan fingerprint density at radius 3 is 2.43 bits per heavy atom. The van der Waals surface area contributed by atoms with Gasteiger partial charge in [0.1, 0.15) is 6.61 Å². The fraction of sp³-hybridized carbons (Fsp3) is 0.500. The molecule has 0 aromatic heterocycles. The zero-order chi connectivity index (χ0) is 15.9. The Bertz CT molecular complexity index is 449. The maximum absolute atomic E-state index is 11.9. The third-order valence-corrected chi connectivity index (χ3v) is 3.47. The fourth-order valence-corrected chi connectivity index (χ4v) is 2.04. The van der Waals surface area contributed by atoms with Crippen molar-refractivity contribution in [2.45, 2.75) is 24.0 Å². The fourth-order valence-electron chi connectivity index (χ4n) is 1.63. The summed E-state index contributed by atoms with van der Waals surface area (Å²) in [5.74, 6) is -0.244. The molecule has 0 saturated heterocycles. The molecular formula is C14H18F3NO2S. The standard InChI is InChI=1S/C14H18F3NO2S/c1-18(9-11-3-5-12(21-2)6-4-11)13(19)7-8-20-10-14(15,16)17/h3-6H,7-10H2,1-2H3. The van der Waals surface area contributed by atoms with Gasteiger partial charge in [-0.3, -0.25) is 4.79 Å². The molecule has 0 aliphatic heterocycles. The van der Waals surface area contributed by atoms with Crippen LogP contribution in [0.4, 0.5) is 13.2 Å². The Balaban J connectivity index is 2.33.